The minimum Gasteiger partial charge on any atom is -0.479 e. The number of carbonyl (C=O) groups excluding carboxylic acids is 2. The van der Waals surface area contributed by atoms with Gasteiger partial charge >= 0.3 is 19.7 Å². The number of para-hydroxylation sites is 1. The zero-order valence-corrected chi connectivity index (χ0v) is 25.5. The summed E-state index contributed by atoms with van der Waals surface area (Å²) in [5.41, 5.74) is 4.47. The van der Waals surface area contributed by atoms with Gasteiger partial charge in [-0.2, -0.15) is 20.3 Å². The Morgan fingerprint density at radius 3 is 2.71 bits per heavy atom. The van der Waals surface area contributed by atoms with Gasteiger partial charge in [-0.25, -0.2) is 19.1 Å². The van der Waals surface area contributed by atoms with Crippen molar-refractivity contribution < 1.29 is 47.3 Å². The first-order valence-corrected chi connectivity index (χ1v) is 14.8. The number of fused-ring (bicyclic) bond motifs is 1. The molecule has 0 radical (unpaired) electrons. The normalized spacial score (nSPS) is 22.9. The summed E-state index contributed by atoms with van der Waals surface area (Å²) in [7, 11) is -2.25. The van der Waals surface area contributed by atoms with Crippen LogP contribution in [0.2, 0.25) is 0 Å². The van der Waals surface area contributed by atoms with Crippen molar-refractivity contribution >= 4 is 36.8 Å². The fraction of sp³-hybridized carbons (Fsp3) is 0.407. The number of esters is 2. The molecule has 0 spiro atoms. The van der Waals surface area contributed by atoms with E-state index in [9.17, 15) is 24.5 Å². The molecule has 238 valence electrons. The molecule has 1 aliphatic heterocycles. The molecule has 0 saturated carbocycles. The summed E-state index contributed by atoms with van der Waals surface area (Å²) in [4.78, 5) is 37.2. The molecule has 4 N–H and O–H groups in total. The van der Waals surface area contributed by atoms with E-state index in [0.717, 1.165) is 7.11 Å². The van der Waals surface area contributed by atoms with Gasteiger partial charge in [0.2, 0.25) is 11.8 Å². The van der Waals surface area contributed by atoms with Crippen molar-refractivity contribution in [2.45, 2.75) is 38.3 Å². The lowest BCUT2D eigenvalue weighted by atomic mass is 9.84. The largest absolute Gasteiger partial charge is 0.479 e. The molecule has 6 atom stereocenters. The lowest BCUT2D eigenvalue weighted by molar-refractivity contribution is -0.141. The average Bonchev–Trinajstić information content (AvgIpc) is 3.56. The van der Waals surface area contributed by atoms with Crippen LogP contribution in [-0.4, -0.2) is 82.2 Å². The zero-order valence-electron chi connectivity index (χ0n) is 24.6. The van der Waals surface area contributed by atoms with Gasteiger partial charge in [0.25, 0.3) is 0 Å². The Bertz CT molecular complexity index is 1720. The van der Waals surface area contributed by atoms with E-state index < -0.39 is 56.2 Å². The van der Waals surface area contributed by atoms with E-state index in [1.54, 1.807) is 6.92 Å². The molecule has 3 heterocycles. The third-order valence-electron chi connectivity index (χ3n) is 6.78. The van der Waals surface area contributed by atoms with Gasteiger partial charge in [0, 0.05) is 0 Å². The van der Waals surface area contributed by atoms with Gasteiger partial charge in [-0.15, -0.1) is 6.42 Å². The highest BCUT2D eigenvalue weighted by Crippen LogP contribution is 2.50. The minimum atomic E-state index is -4.68. The number of methoxy groups -OCH3 is 2. The van der Waals surface area contributed by atoms with Crippen LogP contribution in [-0.2, 0) is 28.1 Å². The first kappa shape index (κ1) is 33.1. The highest BCUT2D eigenvalue weighted by molar-refractivity contribution is 7.52. The van der Waals surface area contributed by atoms with E-state index in [0.29, 0.717) is 0 Å². The quantitative estimate of drug-likeness (QED) is 0.144. The Labute approximate surface area is 257 Å². The maximum Gasteiger partial charge on any atom is 0.460 e. The van der Waals surface area contributed by atoms with Crippen LogP contribution in [0.5, 0.6) is 11.6 Å². The van der Waals surface area contributed by atoms with E-state index in [-0.39, 0.29) is 40.9 Å². The standard InChI is InChI=1S/C27H30N7O10P/c1-6-16(24(37)40-5)33-45(38,44-17-11-9-8-10-15(17)23(36)41-7-2)42-12-18-20(35)27(3,13-28)25(43-18)34-14-30-19-21(34)31-26(29)32-22(19)39-4/h1,8-11,14,16,18,20,25,35H,7,12H2,2-5H3,(H,33,38)(H2,29,31,32)/t16-,18+,20+,25+,27+,45?/m0/s1. The molecule has 1 aliphatic rings. The topological polar surface area (TPSA) is 232 Å². The molecule has 1 saturated heterocycles. The highest BCUT2D eigenvalue weighted by Gasteiger charge is 2.56. The van der Waals surface area contributed by atoms with Crippen molar-refractivity contribution in [1.29, 1.82) is 5.26 Å². The van der Waals surface area contributed by atoms with Crippen molar-refractivity contribution in [2.24, 2.45) is 5.41 Å². The van der Waals surface area contributed by atoms with Gasteiger partial charge in [-0.3, -0.25) is 9.09 Å². The molecular weight excluding hydrogens is 613 g/mol. The first-order chi connectivity index (χ1) is 21.4. The fourth-order valence-electron chi connectivity index (χ4n) is 4.49. The Kier molecular flexibility index (Phi) is 9.92. The molecule has 0 amide bonds. The van der Waals surface area contributed by atoms with Crippen LogP contribution in [0.1, 0.15) is 30.4 Å². The van der Waals surface area contributed by atoms with Gasteiger partial charge in [0.05, 0.1) is 39.8 Å². The van der Waals surface area contributed by atoms with Crippen LogP contribution in [0.15, 0.2) is 30.6 Å². The molecule has 45 heavy (non-hydrogen) atoms. The third kappa shape index (κ3) is 6.53. The maximum absolute atomic E-state index is 14.1. The first-order valence-electron chi connectivity index (χ1n) is 13.3. The molecule has 3 aromatic rings. The minimum absolute atomic E-state index is 0.0500. The highest BCUT2D eigenvalue weighted by atomic mass is 31.2. The van der Waals surface area contributed by atoms with Crippen LogP contribution in [0.3, 0.4) is 0 Å². The third-order valence-corrected chi connectivity index (χ3v) is 8.28. The Morgan fingerprint density at radius 2 is 2.07 bits per heavy atom. The molecular formula is C27H30N7O10P. The van der Waals surface area contributed by atoms with Crippen LogP contribution in [0.25, 0.3) is 11.2 Å². The molecule has 0 bridgehead atoms. The number of aromatic nitrogens is 4. The van der Waals surface area contributed by atoms with E-state index >= 15 is 0 Å². The number of rotatable bonds is 12. The molecule has 18 heteroatoms. The monoisotopic (exact) mass is 643 g/mol. The summed E-state index contributed by atoms with van der Waals surface area (Å²) in [6, 6.07) is 6.15. The van der Waals surface area contributed by atoms with Crippen LogP contribution in [0, 0.1) is 29.1 Å². The second-order valence-corrected chi connectivity index (χ2v) is 11.3. The van der Waals surface area contributed by atoms with Gasteiger partial charge in [-0.05, 0) is 26.0 Å². The van der Waals surface area contributed by atoms with Crippen molar-refractivity contribution in [2.75, 3.05) is 33.2 Å². The van der Waals surface area contributed by atoms with Crippen LogP contribution < -0.4 is 20.1 Å². The van der Waals surface area contributed by atoms with E-state index in [1.807, 2.05) is 0 Å². The van der Waals surface area contributed by atoms with Gasteiger partial charge in [0.15, 0.2) is 23.4 Å². The van der Waals surface area contributed by atoms with Gasteiger partial charge < -0.3 is 34.3 Å². The summed E-state index contributed by atoms with van der Waals surface area (Å²) in [5, 5.41) is 23.7. The summed E-state index contributed by atoms with van der Waals surface area (Å²) < 4.78 is 47.8. The number of terminal acetylenes is 1. The molecule has 1 aromatic carbocycles. The second-order valence-electron chi connectivity index (χ2n) is 9.63. The zero-order chi connectivity index (χ0) is 32.9. The maximum atomic E-state index is 14.1. The lowest BCUT2D eigenvalue weighted by Gasteiger charge is -2.26. The number of aliphatic hydroxyl groups excluding tert-OH is 1. The van der Waals surface area contributed by atoms with Crippen molar-refractivity contribution in [3.63, 3.8) is 0 Å². The summed E-state index contributed by atoms with van der Waals surface area (Å²) in [6.45, 7) is 2.43. The van der Waals surface area contributed by atoms with E-state index in [1.165, 1.54) is 49.2 Å². The predicted octanol–water partition coefficient (Wildman–Crippen LogP) is 1.35. The van der Waals surface area contributed by atoms with Crippen molar-refractivity contribution in [3.8, 4) is 30.0 Å². The summed E-state index contributed by atoms with van der Waals surface area (Å²) in [5.74, 6) is 0.0386. The number of ether oxygens (including phenoxy) is 4. The Hall–Kier alpha value is -4.77. The van der Waals surface area contributed by atoms with Gasteiger partial charge in [0.1, 0.15) is 28.9 Å². The second kappa shape index (κ2) is 13.5. The number of nitrogens with zero attached hydrogens (tertiary/aromatic N) is 5. The fourth-order valence-corrected chi connectivity index (χ4v) is 5.93. The van der Waals surface area contributed by atoms with Gasteiger partial charge in [-0.1, -0.05) is 18.1 Å². The molecule has 2 aromatic heterocycles. The number of nitriles is 1. The van der Waals surface area contributed by atoms with Crippen molar-refractivity contribution in [1.82, 2.24) is 24.6 Å². The van der Waals surface area contributed by atoms with E-state index in [2.05, 4.69) is 36.8 Å². The molecule has 1 fully saturated rings. The predicted molar refractivity (Wildman–Crippen MR) is 154 cm³/mol. The number of anilines is 1. The molecule has 1 unspecified atom stereocenters. The number of aliphatic hydroxyl groups is 1. The summed E-state index contributed by atoms with van der Waals surface area (Å²) >= 11 is 0. The summed E-state index contributed by atoms with van der Waals surface area (Å²) in [6.07, 6.45) is 2.72. The average molecular weight is 644 g/mol. The number of carbonyl (C=O) groups is 2. The van der Waals surface area contributed by atoms with Crippen LogP contribution in [0.4, 0.5) is 5.95 Å². The lowest BCUT2D eigenvalue weighted by Crippen LogP contribution is -2.39. The smallest absolute Gasteiger partial charge is 0.460 e. The Morgan fingerprint density at radius 1 is 1.33 bits per heavy atom. The number of hydrogen-bond acceptors (Lipinski definition) is 15. The molecule has 0 aliphatic carbocycles. The number of imidazole rings is 1. The number of hydrogen-bond donors (Lipinski definition) is 3. The number of benzene rings is 1. The molecule has 17 nitrogen and oxygen atoms in total. The SMILES string of the molecule is C#C[C@H](NP(=O)(OC[C@H]1O[C@@H](n2cnc3c(OC)nc(N)nc32)[C@](C)(C#N)[C@@H]1O)Oc1ccccc1C(=O)OCC)C(=O)OC. The van der Waals surface area contributed by atoms with Crippen LogP contribution >= 0.6 is 7.75 Å². The van der Waals surface area contributed by atoms with Crippen molar-refractivity contribution in [3.05, 3.63) is 36.2 Å². The number of nitrogens with one attached hydrogen (secondary N) is 1. The van der Waals surface area contributed by atoms with E-state index in [4.69, 9.17) is 35.4 Å². The number of nitrogens with two attached hydrogens (primary N) is 1. The Balaban J connectivity index is 1.67. The molecule has 4 rings (SSSR count). The number of nitrogen functional groups attached to an aromatic ring is 1.